The van der Waals surface area contributed by atoms with Crippen LogP contribution < -0.4 is 10.6 Å². The lowest BCUT2D eigenvalue weighted by atomic mass is 10.1. The average molecular weight is 359 g/mol. The molecule has 0 bridgehead atoms. The average Bonchev–Trinajstić information content (AvgIpc) is 2.70. The van der Waals surface area contributed by atoms with Gasteiger partial charge in [0.15, 0.2) is 0 Å². The topological polar surface area (TPSA) is 71.1 Å². The summed E-state index contributed by atoms with van der Waals surface area (Å²) in [6, 6.07) is 17.9. The maximum Gasteiger partial charge on any atom is 0.255 e. The van der Waals surface area contributed by atoms with Gasteiger partial charge in [0.1, 0.15) is 0 Å². The number of benzene rings is 2. The fourth-order valence-corrected chi connectivity index (χ4v) is 2.60. The molecule has 2 amide bonds. The number of carbonyl (C=O) groups excluding carboxylic acids is 2. The van der Waals surface area contributed by atoms with Crippen molar-refractivity contribution < 1.29 is 9.59 Å². The van der Waals surface area contributed by atoms with Gasteiger partial charge in [0.05, 0.1) is 12.2 Å². The Bertz CT molecular complexity index is 968. The zero-order valence-electron chi connectivity index (χ0n) is 15.3. The van der Waals surface area contributed by atoms with Crippen LogP contribution in [0.4, 0.5) is 5.69 Å². The third kappa shape index (κ3) is 4.79. The Kier molecular flexibility index (Phi) is 5.61. The molecule has 0 radical (unpaired) electrons. The molecule has 3 rings (SSSR count). The van der Waals surface area contributed by atoms with Crippen LogP contribution >= 0.6 is 0 Å². The fraction of sp³-hybridized carbons (Fsp3) is 0.136. The van der Waals surface area contributed by atoms with Crippen LogP contribution in [0, 0.1) is 13.8 Å². The number of pyridine rings is 1. The van der Waals surface area contributed by atoms with Gasteiger partial charge in [-0.25, -0.2) is 0 Å². The van der Waals surface area contributed by atoms with E-state index in [9.17, 15) is 9.59 Å². The first kappa shape index (κ1) is 18.3. The Balaban J connectivity index is 1.67. The second kappa shape index (κ2) is 8.27. The van der Waals surface area contributed by atoms with Crippen LogP contribution in [0.2, 0.25) is 0 Å². The number of rotatable bonds is 5. The van der Waals surface area contributed by atoms with Gasteiger partial charge in [-0.1, -0.05) is 18.2 Å². The number of carbonyl (C=O) groups is 2. The minimum absolute atomic E-state index is 0.249. The minimum atomic E-state index is -0.252. The van der Waals surface area contributed by atoms with E-state index in [1.54, 1.807) is 30.5 Å². The molecule has 0 aliphatic carbocycles. The van der Waals surface area contributed by atoms with Gasteiger partial charge < -0.3 is 10.6 Å². The van der Waals surface area contributed by atoms with Crippen molar-refractivity contribution in [3.63, 3.8) is 0 Å². The summed E-state index contributed by atoms with van der Waals surface area (Å²) in [4.78, 5) is 29.0. The van der Waals surface area contributed by atoms with Crippen molar-refractivity contribution >= 4 is 17.5 Å². The number of anilines is 1. The summed E-state index contributed by atoms with van der Waals surface area (Å²) in [5.41, 5.74) is 4.63. The Hall–Kier alpha value is -3.47. The van der Waals surface area contributed by atoms with E-state index in [1.165, 1.54) is 5.56 Å². The van der Waals surface area contributed by atoms with Gasteiger partial charge in [-0.15, -0.1) is 0 Å². The smallest absolute Gasteiger partial charge is 0.255 e. The van der Waals surface area contributed by atoms with Gasteiger partial charge in [0, 0.05) is 23.0 Å². The predicted octanol–water partition coefficient (Wildman–Crippen LogP) is 3.88. The molecule has 3 aromatic rings. The van der Waals surface area contributed by atoms with Gasteiger partial charge in [0.2, 0.25) is 0 Å². The first-order valence-corrected chi connectivity index (χ1v) is 8.70. The molecular formula is C22H21N3O2. The van der Waals surface area contributed by atoms with Crippen LogP contribution in [-0.4, -0.2) is 16.8 Å². The van der Waals surface area contributed by atoms with E-state index in [2.05, 4.69) is 15.6 Å². The van der Waals surface area contributed by atoms with Crippen molar-refractivity contribution in [2.24, 2.45) is 0 Å². The Labute approximate surface area is 158 Å². The molecule has 0 unspecified atom stereocenters. The third-order valence-electron chi connectivity index (χ3n) is 4.31. The second-order valence-electron chi connectivity index (χ2n) is 6.34. The highest BCUT2D eigenvalue weighted by atomic mass is 16.2. The molecule has 0 spiro atoms. The van der Waals surface area contributed by atoms with E-state index in [4.69, 9.17) is 0 Å². The number of hydrogen-bond acceptors (Lipinski definition) is 3. The monoisotopic (exact) mass is 359 g/mol. The van der Waals surface area contributed by atoms with Crippen LogP contribution in [0.15, 0.2) is 66.9 Å². The molecule has 27 heavy (non-hydrogen) atoms. The van der Waals surface area contributed by atoms with Crippen molar-refractivity contribution in [2.45, 2.75) is 20.4 Å². The lowest BCUT2D eigenvalue weighted by Crippen LogP contribution is -2.23. The zero-order chi connectivity index (χ0) is 19.2. The van der Waals surface area contributed by atoms with E-state index in [1.807, 2.05) is 50.2 Å². The van der Waals surface area contributed by atoms with Crippen molar-refractivity contribution in [1.29, 1.82) is 0 Å². The summed E-state index contributed by atoms with van der Waals surface area (Å²) in [5, 5.41) is 5.68. The summed E-state index contributed by atoms with van der Waals surface area (Å²) in [5.74, 6) is -0.501. The summed E-state index contributed by atoms with van der Waals surface area (Å²) >= 11 is 0. The normalized spacial score (nSPS) is 10.3. The summed E-state index contributed by atoms with van der Waals surface area (Å²) in [6.07, 6.45) is 1.68. The van der Waals surface area contributed by atoms with Crippen LogP contribution in [0.3, 0.4) is 0 Å². The van der Waals surface area contributed by atoms with Crippen molar-refractivity contribution in [3.8, 4) is 0 Å². The Morgan fingerprint density at radius 2 is 1.63 bits per heavy atom. The molecule has 2 N–H and O–H groups in total. The van der Waals surface area contributed by atoms with Crippen molar-refractivity contribution in [1.82, 2.24) is 10.3 Å². The largest absolute Gasteiger partial charge is 0.346 e. The quantitative estimate of drug-likeness (QED) is 0.726. The molecule has 5 heteroatoms. The highest BCUT2D eigenvalue weighted by Crippen LogP contribution is 2.16. The lowest BCUT2D eigenvalue weighted by molar-refractivity contribution is 0.0950. The zero-order valence-corrected chi connectivity index (χ0v) is 15.3. The van der Waals surface area contributed by atoms with Crippen LogP contribution in [0.25, 0.3) is 0 Å². The summed E-state index contributed by atoms with van der Waals surface area (Å²) < 4.78 is 0. The molecule has 0 aliphatic heterocycles. The van der Waals surface area contributed by atoms with Gasteiger partial charge in [0.25, 0.3) is 11.8 Å². The SMILES string of the molecule is Cc1ccc(NC(=O)c2cccc(C(=O)NCc3ccccn3)c2)cc1C. The van der Waals surface area contributed by atoms with Gasteiger partial charge in [-0.3, -0.25) is 14.6 Å². The first-order chi connectivity index (χ1) is 13.0. The summed E-state index contributed by atoms with van der Waals surface area (Å²) in [7, 11) is 0. The van der Waals surface area contributed by atoms with E-state index < -0.39 is 0 Å². The van der Waals surface area contributed by atoms with Crippen molar-refractivity contribution in [2.75, 3.05) is 5.32 Å². The molecule has 0 saturated heterocycles. The first-order valence-electron chi connectivity index (χ1n) is 8.70. The second-order valence-corrected chi connectivity index (χ2v) is 6.34. The van der Waals surface area contributed by atoms with Gasteiger partial charge in [-0.2, -0.15) is 0 Å². The molecule has 5 nitrogen and oxygen atoms in total. The third-order valence-corrected chi connectivity index (χ3v) is 4.31. The molecule has 0 fully saturated rings. The Morgan fingerprint density at radius 1 is 0.852 bits per heavy atom. The number of aryl methyl sites for hydroxylation is 2. The maximum absolute atomic E-state index is 12.5. The van der Waals surface area contributed by atoms with Crippen molar-refractivity contribution in [3.05, 3.63) is 94.8 Å². The molecule has 1 heterocycles. The standard InChI is InChI=1S/C22H21N3O2/c1-15-9-10-19(12-16(15)2)25-22(27)18-7-5-6-17(13-18)21(26)24-14-20-8-3-4-11-23-20/h3-13H,14H2,1-2H3,(H,24,26)(H,25,27). The maximum atomic E-state index is 12.5. The van der Waals surface area contributed by atoms with Gasteiger partial charge >= 0.3 is 0 Å². The lowest BCUT2D eigenvalue weighted by Gasteiger charge is -2.09. The number of aromatic nitrogens is 1. The molecule has 1 aromatic heterocycles. The van der Waals surface area contributed by atoms with E-state index in [-0.39, 0.29) is 11.8 Å². The van der Waals surface area contributed by atoms with E-state index in [0.29, 0.717) is 17.7 Å². The molecule has 0 atom stereocenters. The molecule has 136 valence electrons. The Morgan fingerprint density at radius 3 is 2.33 bits per heavy atom. The molecule has 0 aliphatic rings. The number of nitrogens with zero attached hydrogens (tertiary/aromatic N) is 1. The number of hydrogen-bond donors (Lipinski definition) is 2. The van der Waals surface area contributed by atoms with Gasteiger partial charge in [-0.05, 0) is 67.4 Å². The van der Waals surface area contributed by atoms with E-state index in [0.717, 1.165) is 16.9 Å². The predicted molar refractivity (Wildman–Crippen MR) is 106 cm³/mol. The number of nitrogens with one attached hydrogen (secondary N) is 2. The van der Waals surface area contributed by atoms with Crippen LogP contribution in [0.5, 0.6) is 0 Å². The van der Waals surface area contributed by atoms with E-state index >= 15 is 0 Å². The molecule has 2 aromatic carbocycles. The fourth-order valence-electron chi connectivity index (χ4n) is 2.60. The molecule has 0 saturated carbocycles. The highest BCUT2D eigenvalue weighted by molar-refractivity contribution is 6.06. The highest BCUT2D eigenvalue weighted by Gasteiger charge is 2.11. The van der Waals surface area contributed by atoms with Crippen LogP contribution in [-0.2, 0) is 6.54 Å². The molecular weight excluding hydrogens is 338 g/mol. The minimum Gasteiger partial charge on any atom is -0.346 e. The number of amides is 2. The summed E-state index contributed by atoms with van der Waals surface area (Å²) in [6.45, 7) is 4.35. The van der Waals surface area contributed by atoms with Crippen LogP contribution in [0.1, 0.15) is 37.5 Å².